The molecule has 0 bridgehead atoms. The van der Waals surface area contributed by atoms with Crippen LogP contribution in [0.3, 0.4) is 0 Å². The van der Waals surface area contributed by atoms with Crippen molar-refractivity contribution in [2.45, 2.75) is 13.8 Å². The summed E-state index contributed by atoms with van der Waals surface area (Å²) >= 11 is 3.30. The first-order chi connectivity index (χ1) is 8.56. The molecule has 0 aliphatic rings. The molecule has 0 saturated heterocycles. The number of nitrogens with one attached hydrogen (secondary N) is 1. The lowest BCUT2D eigenvalue weighted by atomic mass is 10.1. The number of carbonyl (C=O) groups is 1. The quantitative estimate of drug-likeness (QED) is 0.919. The summed E-state index contributed by atoms with van der Waals surface area (Å²) in [6.07, 6.45) is 3.19. The number of benzene rings is 1. The molecule has 1 aromatic carbocycles. The fourth-order valence-corrected chi connectivity index (χ4v) is 2.05. The zero-order chi connectivity index (χ0) is 13.1. The molecule has 4 heteroatoms. The van der Waals surface area contributed by atoms with Crippen molar-refractivity contribution in [2.24, 2.45) is 0 Å². The molecule has 0 unspecified atom stereocenters. The van der Waals surface area contributed by atoms with Gasteiger partial charge in [0.05, 0.1) is 5.56 Å². The van der Waals surface area contributed by atoms with Crippen LogP contribution in [0.5, 0.6) is 0 Å². The number of nitrogens with zero attached hydrogens (tertiary/aromatic N) is 1. The van der Waals surface area contributed by atoms with Gasteiger partial charge >= 0.3 is 0 Å². The molecule has 0 aliphatic heterocycles. The first-order valence-corrected chi connectivity index (χ1v) is 6.35. The molecule has 92 valence electrons. The van der Waals surface area contributed by atoms with Crippen molar-refractivity contribution in [3.63, 3.8) is 0 Å². The maximum absolute atomic E-state index is 12.0. The molecule has 1 N–H and O–H groups in total. The van der Waals surface area contributed by atoms with Crippen LogP contribution in [-0.2, 0) is 0 Å². The maximum atomic E-state index is 12.0. The predicted molar refractivity (Wildman–Crippen MR) is 75.8 cm³/mol. The van der Waals surface area contributed by atoms with Crippen molar-refractivity contribution in [3.8, 4) is 0 Å². The SMILES string of the molecule is Cc1ccc(NC(=O)c2cncc(Br)c2)c(C)c1. The molecule has 0 atom stereocenters. The number of aromatic nitrogens is 1. The fraction of sp³-hybridized carbons (Fsp3) is 0.143. The van der Waals surface area contributed by atoms with Gasteiger partial charge in [-0.25, -0.2) is 0 Å². The molecule has 1 aromatic heterocycles. The normalized spacial score (nSPS) is 10.2. The second-order valence-corrected chi connectivity index (χ2v) is 5.08. The number of halogens is 1. The molecule has 0 aliphatic carbocycles. The number of pyridine rings is 1. The summed E-state index contributed by atoms with van der Waals surface area (Å²) in [7, 11) is 0. The number of amides is 1. The van der Waals surface area contributed by atoms with Gasteiger partial charge in [-0.15, -0.1) is 0 Å². The van der Waals surface area contributed by atoms with Gasteiger partial charge < -0.3 is 5.32 Å². The molecule has 2 aromatic rings. The molecular weight excluding hydrogens is 292 g/mol. The van der Waals surface area contributed by atoms with Crippen molar-refractivity contribution in [2.75, 3.05) is 5.32 Å². The maximum Gasteiger partial charge on any atom is 0.257 e. The standard InChI is InChI=1S/C14H13BrN2O/c1-9-3-4-13(10(2)5-9)17-14(18)11-6-12(15)8-16-7-11/h3-8H,1-2H3,(H,17,18). The molecule has 1 heterocycles. The van der Waals surface area contributed by atoms with Crippen LogP contribution in [0.2, 0.25) is 0 Å². The summed E-state index contributed by atoms with van der Waals surface area (Å²) in [6, 6.07) is 7.66. The number of rotatable bonds is 2. The Kier molecular flexibility index (Phi) is 3.77. The Bertz CT molecular complexity index is 596. The minimum Gasteiger partial charge on any atom is -0.322 e. The highest BCUT2D eigenvalue weighted by Crippen LogP contribution is 2.17. The minimum atomic E-state index is -0.157. The summed E-state index contributed by atoms with van der Waals surface area (Å²) in [5, 5.41) is 2.88. The van der Waals surface area contributed by atoms with E-state index in [1.54, 1.807) is 18.5 Å². The van der Waals surface area contributed by atoms with Gasteiger partial charge in [-0.05, 0) is 47.5 Å². The molecule has 3 nitrogen and oxygen atoms in total. The average Bonchev–Trinajstić information content (AvgIpc) is 2.32. The third-order valence-electron chi connectivity index (χ3n) is 2.60. The van der Waals surface area contributed by atoms with Crippen molar-refractivity contribution in [1.29, 1.82) is 0 Å². The van der Waals surface area contributed by atoms with E-state index in [1.165, 1.54) is 5.56 Å². The second kappa shape index (κ2) is 5.31. The number of anilines is 1. The Morgan fingerprint density at radius 2 is 2.00 bits per heavy atom. The van der Waals surface area contributed by atoms with E-state index in [0.717, 1.165) is 15.7 Å². The number of carbonyl (C=O) groups excluding carboxylic acids is 1. The Labute approximate surface area is 114 Å². The van der Waals surface area contributed by atoms with E-state index in [-0.39, 0.29) is 5.91 Å². The number of hydrogen-bond acceptors (Lipinski definition) is 2. The van der Waals surface area contributed by atoms with Crippen molar-refractivity contribution >= 4 is 27.5 Å². The summed E-state index contributed by atoms with van der Waals surface area (Å²) in [6.45, 7) is 4.00. The molecule has 2 rings (SSSR count). The van der Waals surface area contributed by atoms with Crippen LogP contribution in [0.1, 0.15) is 21.5 Å². The topological polar surface area (TPSA) is 42.0 Å². The second-order valence-electron chi connectivity index (χ2n) is 4.16. The Morgan fingerprint density at radius 1 is 1.22 bits per heavy atom. The highest BCUT2D eigenvalue weighted by molar-refractivity contribution is 9.10. The van der Waals surface area contributed by atoms with E-state index in [0.29, 0.717) is 5.56 Å². The van der Waals surface area contributed by atoms with Crippen molar-refractivity contribution < 1.29 is 4.79 Å². The van der Waals surface area contributed by atoms with Crippen LogP contribution in [0, 0.1) is 13.8 Å². The summed E-state index contributed by atoms with van der Waals surface area (Å²) < 4.78 is 0.788. The van der Waals surface area contributed by atoms with Gasteiger partial charge in [-0.1, -0.05) is 17.7 Å². The first-order valence-electron chi connectivity index (χ1n) is 5.55. The molecule has 0 radical (unpaired) electrons. The van der Waals surface area contributed by atoms with Crippen LogP contribution >= 0.6 is 15.9 Å². The monoisotopic (exact) mass is 304 g/mol. The molecule has 18 heavy (non-hydrogen) atoms. The molecule has 0 fully saturated rings. The average molecular weight is 305 g/mol. The van der Waals surface area contributed by atoms with Gasteiger partial charge in [-0.3, -0.25) is 9.78 Å². The third-order valence-corrected chi connectivity index (χ3v) is 3.03. The highest BCUT2D eigenvalue weighted by atomic mass is 79.9. The molecule has 0 spiro atoms. The predicted octanol–water partition coefficient (Wildman–Crippen LogP) is 3.71. The number of aryl methyl sites for hydroxylation is 2. The zero-order valence-electron chi connectivity index (χ0n) is 10.2. The summed E-state index contributed by atoms with van der Waals surface area (Å²) in [5.74, 6) is -0.157. The van der Waals surface area contributed by atoms with Gasteiger partial charge in [0.2, 0.25) is 0 Å². The molecule has 0 saturated carbocycles. The largest absolute Gasteiger partial charge is 0.322 e. The Morgan fingerprint density at radius 3 is 2.67 bits per heavy atom. The summed E-state index contributed by atoms with van der Waals surface area (Å²) in [4.78, 5) is 16.0. The van der Waals surface area contributed by atoms with E-state index in [2.05, 4.69) is 26.2 Å². The highest BCUT2D eigenvalue weighted by Gasteiger charge is 2.08. The Hall–Kier alpha value is -1.68. The summed E-state index contributed by atoms with van der Waals surface area (Å²) in [5.41, 5.74) is 3.58. The molecular formula is C14H13BrN2O. The fourth-order valence-electron chi connectivity index (χ4n) is 1.68. The van der Waals surface area contributed by atoms with E-state index < -0.39 is 0 Å². The minimum absolute atomic E-state index is 0.157. The van der Waals surface area contributed by atoms with E-state index in [4.69, 9.17) is 0 Å². The lowest BCUT2D eigenvalue weighted by Gasteiger charge is -2.09. The first kappa shape index (κ1) is 12.8. The van der Waals surface area contributed by atoms with E-state index >= 15 is 0 Å². The smallest absolute Gasteiger partial charge is 0.257 e. The Balaban J connectivity index is 2.21. The lowest BCUT2D eigenvalue weighted by Crippen LogP contribution is -2.13. The van der Waals surface area contributed by atoms with Gasteiger partial charge in [-0.2, -0.15) is 0 Å². The van der Waals surface area contributed by atoms with Gasteiger partial charge in [0.15, 0.2) is 0 Å². The van der Waals surface area contributed by atoms with E-state index in [9.17, 15) is 4.79 Å². The van der Waals surface area contributed by atoms with Gasteiger partial charge in [0.1, 0.15) is 0 Å². The lowest BCUT2D eigenvalue weighted by molar-refractivity contribution is 0.102. The van der Waals surface area contributed by atoms with Crippen molar-refractivity contribution in [1.82, 2.24) is 4.98 Å². The number of hydrogen-bond donors (Lipinski definition) is 1. The van der Waals surface area contributed by atoms with Crippen LogP contribution < -0.4 is 5.32 Å². The van der Waals surface area contributed by atoms with Crippen LogP contribution in [0.4, 0.5) is 5.69 Å². The van der Waals surface area contributed by atoms with Crippen LogP contribution in [0.25, 0.3) is 0 Å². The van der Waals surface area contributed by atoms with Gasteiger partial charge in [0, 0.05) is 22.6 Å². The third kappa shape index (κ3) is 2.96. The van der Waals surface area contributed by atoms with E-state index in [1.807, 2.05) is 32.0 Å². The zero-order valence-corrected chi connectivity index (χ0v) is 11.8. The molecule has 1 amide bonds. The van der Waals surface area contributed by atoms with Crippen LogP contribution in [-0.4, -0.2) is 10.9 Å². The van der Waals surface area contributed by atoms with Gasteiger partial charge in [0.25, 0.3) is 5.91 Å². The van der Waals surface area contributed by atoms with Crippen molar-refractivity contribution in [3.05, 3.63) is 57.8 Å². The van der Waals surface area contributed by atoms with Crippen LogP contribution in [0.15, 0.2) is 41.1 Å².